The maximum atomic E-state index is 14.6. The molecule has 8 heteroatoms. The highest BCUT2D eigenvalue weighted by Gasteiger charge is 2.12. The van der Waals surface area contributed by atoms with E-state index in [2.05, 4.69) is 15.3 Å². The summed E-state index contributed by atoms with van der Waals surface area (Å²) in [5.41, 5.74) is 1.66. The third-order valence-electron chi connectivity index (χ3n) is 4.70. The second kappa shape index (κ2) is 8.81. The minimum Gasteiger partial charge on any atom is -0.478 e. The molecule has 0 atom stereocenters. The van der Waals surface area contributed by atoms with Crippen molar-refractivity contribution in [2.75, 3.05) is 18.1 Å². The van der Waals surface area contributed by atoms with Crippen LogP contribution in [-0.2, 0) is 6.42 Å². The zero-order chi connectivity index (χ0) is 21.1. The molecule has 0 spiro atoms. The first-order valence-corrected chi connectivity index (χ1v) is 11.3. The third-order valence-corrected chi connectivity index (χ3v) is 6.36. The smallest absolute Gasteiger partial charge is 0.336 e. The van der Waals surface area contributed by atoms with Crippen LogP contribution in [0.3, 0.4) is 0 Å². The first-order valence-electron chi connectivity index (χ1n) is 9.20. The van der Waals surface area contributed by atoms with Crippen molar-refractivity contribution in [2.45, 2.75) is 11.3 Å². The van der Waals surface area contributed by atoms with Gasteiger partial charge in [-0.15, -0.1) is 23.1 Å². The number of carboxylic acids is 1. The van der Waals surface area contributed by atoms with Crippen LogP contribution in [0.4, 0.5) is 10.2 Å². The van der Waals surface area contributed by atoms with Gasteiger partial charge in [0, 0.05) is 33.3 Å². The molecule has 152 valence electrons. The van der Waals surface area contributed by atoms with E-state index >= 15 is 0 Å². The van der Waals surface area contributed by atoms with E-state index in [1.807, 2.05) is 23.8 Å². The Morgan fingerprint density at radius 1 is 1.23 bits per heavy atom. The third kappa shape index (κ3) is 4.15. The highest BCUT2D eigenvalue weighted by molar-refractivity contribution is 7.98. The molecule has 0 saturated carbocycles. The Balaban J connectivity index is 1.48. The molecular weight excluding hydrogens is 421 g/mol. The summed E-state index contributed by atoms with van der Waals surface area (Å²) >= 11 is 2.89. The fourth-order valence-corrected chi connectivity index (χ4v) is 4.58. The van der Waals surface area contributed by atoms with Crippen molar-refractivity contribution in [2.24, 2.45) is 0 Å². The van der Waals surface area contributed by atoms with Crippen molar-refractivity contribution in [3.05, 3.63) is 71.0 Å². The number of carbonyl (C=O) groups is 1. The Morgan fingerprint density at radius 3 is 2.90 bits per heavy atom. The van der Waals surface area contributed by atoms with Crippen molar-refractivity contribution < 1.29 is 14.3 Å². The molecule has 0 amide bonds. The van der Waals surface area contributed by atoms with Gasteiger partial charge < -0.3 is 10.4 Å². The Hall–Kier alpha value is -2.97. The number of fused-ring (bicyclic) bond motifs is 1. The summed E-state index contributed by atoms with van der Waals surface area (Å²) in [4.78, 5) is 20.8. The lowest BCUT2D eigenvalue weighted by Gasteiger charge is -2.09. The molecule has 0 saturated heterocycles. The minimum atomic E-state index is -0.963. The van der Waals surface area contributed by atoms with Gasteiger partial charge in [0.15, 0.2) is 5.82 Å². The number of aromatic nitrogens is 2. The molecular formula is C22H18FN3O2S2. The lowest BCUT2D eigenvalue weighted by atomic mass is 10.1. The van der Waals surface area contributed by atoms with Crippen LogP contribution in [0.2, 0.25) is 0 Å². The van der Waals surface area contributed by atoms with Gasteiger partial charge in [-0.25, -0.2) is 19.2 Å². The topological polar surface area (TPSA) is 75.1 Å². The molecule has 5 nitrogen and oxygen atoms in total. The number of anilines is 1. The number of rotatable bonds is 7. The SMILES string of the molecule is CSc1cc(-c2nccc(NCCc3ccc4sccc4c3F)n2)ccc1C(=O)O. The Morgan fingerprint density at radius 2 is 2.10 bits per heavy atom. The average Bonchev–Trinajstić information content (AvgIpc) is 3.25. The van der Waals surface area contributed by atoms with Gasteiger partial charge in [-0.1, -0.05) is 12.1 Å². The molecule has 2 N–H and O–H groups in total. The molecule has 2 aromatic carbocycles. The molecule has 0 bridgehead atoms. The highest BCUT2D eigenvalue weighted by Crippen LogP contribution is 2.27. The van der Waals surface area contributed by atoms with E-state index in [0.717, 1.165) is 10.3 Å². The fraction of sp³-hybridized carbons (Fsp3) is 0.136. The van der Waals surface area contributed by atoms with Crippen molar-refractivity contribution in [1.29, 1.82) is 0 Å². The molecule has 4 aromatic rings. The van der Waals surface area contributed by atoms with Crippen molar-refractivity contribution >= 4 is 45.0 Å². The number of thiophene rings is 1. The lowest BCUT2D eigenvalue weighted by molar-refractivity contribution is 0.0693. The molecule has 0 fully saturated rings. The molecule has 4 rings (SSSR count). The first kappa shape index (κ1) is 20.3. The van der Waals surface area contributed by atoms with Crippen molar-refractivity contribution in [1.82, 2.24) is 9.97 Å². The second-order valence-corrected chi connectivity index (χ2v) is 8.33. The molecule has 0 radical (unpaired) electrons. The maximum Gasteiger partial charge on any atom is 0.336 e. The quantitative estimate of drug-likeness (QED) is 0.367. The van der Waals surface area contributed by atoms with Crippen LogP contribution in [-0.4, -0.2) is 33.8 Å². The number of benzene rings is 2. The van der Waals surface area contributed by atoms with Gasteiger partial charge in [-0.05, 0) is 54.0 Å². The predicted molar refractivity (Wildman–Crippen MR) is 120 cm³/mol. The van der Waals surface area contributed by atoms with Gasteiger partial charge in [0.1, 0.15) is 11.6 Å². The Kier molecular flexibility index (Phi) is 5.96. The van der Waals surface area contributed by atoms with E-state index < -0.39 is 5.97 Å². The summed E-state index contributed by atoms with van der Waals surface area (Å²) in [5, 5.41) is 15.1. The van der Waals surface area contributed by atoms with E-state index in [1.165, 1.54) is 23.1 Å². The minimum absolute atomic E-state index is 0.165. The van der Waals surface area contributed by atoms with E-state index in [9.17, 15) is 14.3 Å². The number of halogens is 1. The second-order valence-electron chi connectivity index (χ2n) is 6.53. The lowest BCUT2D eigenvalue weighted by Crippen LogP contribution is -2.08. The predicted octanol–water partition coefficient (Wildman–Crippen LogP) is 5.57. The summed E-state index contributed by atoms with van der Waals surface area (Å²) in [6.07, 6.45) is 4.00. The van der Waals surface area contributed by atoms with Crippen LogP contribution in [0.15, 0.2) is 58.9 Å². The largest absolute Gasteiger partial charge is 0.478 e. The summed E-state index contributed by atoms with van der Waals surface area (Å²) < 4.78 is 15.5. The van der Waals surface area contributed by atoms with E-state index in [0.29, 0.717) is 40.5 Å². The summed E-state index contributed by atoms with van der Waals surface area (Å²) in [7, 11) is 0. The maximum absolute atomic E-state index is 14.6. The molecule has 30 heavy (non-hydrogen) atoms. The van der Waals surface area contributed by atoms with Crippen LogP contribution in [0.5, 0.6) is 0 Å². The number of hydrogen-bond donors (Lipinski definition) is 2. The number of nitrogens with zero attached hydrogens (tertiary/aromatic N) is 2. The monoisotopic (exact) mass is 439 g/mol. The van der Waals surface area contributed by atoms with Gasteiger partial charge in [-0.2, -0.15) is 0 Å². The van der Waals surface area contributed by atoms with Crippen LogP contribution in [0, 0.1) is 5.82 Å². The molecule has 0 aliphatic carbocycles. The molecule has 0 aliphatic rings. The molecule has 0 unspecified atom stereocenters. The number of nitrogens with one attached hydrogen (secondary N) is 1. The zero-order valence-corrected chi connectivity index (χ0v) is 17.7. The van der Waals surface area contributed by atoms with Crippen LogP contribution >= 0.6 is 23.1 Å². The summed E-state index contributed by atoms with van der Waals surface area (Å²) in [5.74, 6) is 0.000272. The van der Waals surface area contributed by atoms with E-state index in [1.54, 1.807) is 36.5 Å². The summed E-state index contributed by atoms with van der Waals surface area (Å²) in [6.45, 7) is 0.525. The standard InChI is InChI=1S/C22H18FN3O2S2/c1-29-18-12-14(2-4-16(18)22(27)28)21-25-10-7-19(26-21)24-9-6-13-3-5-17-15(20(13)23)8-11-30-17/h2-5,7-8,10-12H,6,9H2,1H3,(H,27,28)(H,24,25,26). The van der Waals surface area contributed by atoms with Gasteiger partial charge in [-0.3, -0.25) is 0 Å². The van der Waals surface area contributed by atoms with Crippen molar-refractivity contribution in [3.63, 3.8) is 0 Å². The van der Waals surface area contributed by atoms with Crippen LogP contribution in [0.25, 0.3) is 21.5 Å². The van der Waals surface area contributed by atoms with Gasteiger partial charge >= 0.3 is 5.97 Å². The molecule has 0 aliphatic heterocycles. The average molecular weight is 440 g/mol. The van der Waals surface area contributed by atoms with Crippen molar-refractivity contribution in [3.8, 4) is 11.4 Å². The van der Waals surface area contributed by atoms with Crippen LogP contribution in [0.1, 0.15) is 15.9 Å². The van der Waals surface area contributed by atoms with Gasteiger partial charge in [0.2, 0.25) is 0 Å². The van der Waals surface area contributed by atoms with E-state index in [-0.39, 0.29) is 11.4 Å². The van der Waals surface area contributed by atoms with E-state index in [4.69, 9.17) is 0 Å². The number of carboxylic acid groups (broad SMARTS) is 1. The number of aromatic carboxylic acids is 1. The molecule has 2 heterocycles. The van der Waals surface area contributed by atoms with Gasteiger partial charge in [0.25, 0.3) is 0 Å². The van der Waals surface area contributed by atoms with Crippen LogP contribution < -0.4 is 5.32 Å². The normalized spacial score (nSPS) is 11.0. The molecule has 2 aromatic heterocycles. The first-order chi connectivity index (χ1) is 14.6. The number of hydrogen-bond acceptors (Lipinski definition) is 6. The highest BCUT2D eigenvalue weighted by atomic mass is 32.2. The summed E-state index contributed by atoms with van der Waals surface area (Å²) in [6, 6.07) is 12.4. The number of thioether (sulfide) groups is 1. The van der Waals surface area contributed by atoms with Gasteiger partial charge in [0.05, 0.1) is 5.56 Å². The fourth-order valence-electron chi connectivity index (χ4n) is 3.18. The Labute approximate surface area is 181 Å². The zero-order valence-electron chi connectivity index (χ0n) is 16.1. The Bertz CT molecular complexity index is 1230.